The molecular weight excluding hydrogens is 224 g/mol. The topological polar surface area (TPSA) is 32.3 Å². The number of carbonyl (C=O) groups excluding carboxylic acids is 1. The van der Waals surface area contributed by atoms with Gasteiger partial charge in [0.15, 0.2) is 0 Å². The van der Waals surface area contributed by atoms with E-state index in [-0.39, 0.29) is 11.9 Å². The number of amides is 1. The summed E-state index contributed by atoms with van der Waals surface area (Å²) in [5.41, 5.74) is 2.64. The second kappa shape index (κ2) is 4.73. The van der Waals surface area contributed by atoms with Crippen molar-refractivity contribution in [3.05, 3.63) is 35.4 Å². The van der Waals surface area contributed by atoms with Gasteiger partial charge in [-0.2, -0.15) is 0 Å². The summed E-state index contributed by atoms with van der Waals surface area (Å²) in [6.45, 7) is 1.74. The van der Waals surface area contributed by atoms with Gasteiger partial charge >= 0.3 is 0 Å². The summed E-state index contributed by atoms with van der Waals surface area (Å²) in [6.07, 6.45) is 3.40. The summed E-state index contributed by atoms with van der Waals surface area (Å²) in [6, 6.07) is 8.35. The molecule has 3 heteroatoms. The van der Waals surface area contributed by atoms with Crippen LogP contribution in [0.15, 0.2) is 24.3 Å². The van der Waals surface area contributed by atoms with Gasteiger partial charge in [-0.1, -0.05) is 24.3 Å². The normalized spacial score (nSPS) is 22.4. The summed E-state index contributed by atoms with van der Waals surface area (Å²) in [4.78, 5) is 14.2. The van der Waals surface area contributed by atoms with Crippen LogP contribution in [0.1, 0.15) is 24.0 Å². The number of hydrogen-bond donors (Lipinski definition) is 1. The quantitative estimate of drug-likeness (QED) is 0.875. The maximum Gasteiger partial charge on any atom is 0.239 e. The van der Waals surface area contributed by atoms with E-state index in [1.54, 1.807) is 0 Å². The predicted molar refractivity (Wildman–Crippen MR) is 71.1 cm³/mol. The van der Waals surface area contributed by atoms with E-state index in [0.717, 1.165) is 25.4 Å². The summed E-state index contributed by atoms with van der Waals surface area (Å²) < 4.78 is 0. The van der Waals surface area contributed by atoms with E-state index in [4.69, 9.17) is 0 Å². The largest absolute Gasteiger partial charge is 0.344 e. The van der Waals surface area contributed by atoms with Gasteiger partial charge in [0.2, 0.25) is 5.91 Å². The van der Waals surface area contributed by atoms with Crippen molar-refractivity contribution < 1.29 is 4.79 Å². The second-order valence-electron chi connectivity index (χ2n) is 5.57. The second-order valence-corrected chi connectivity index (χ2v) is 5.57. The molecule has 3 nitrogen and oxygen atoms in total. The Hall–Kier alpha value is -1.35. The number of likely N-dealkylation sites (N-methyl/N-ethyl adjacent to an activating group) is 1. The van der Waals surface area contributed by atoms with E-state index in [1.807, 2.05) is 11.9 Å². The number of fused-ring (bicyclic) bond motifs is 1. The van der Waals surface area contributed by atoms with Crippen molar-refractivity contribution in [2.24, 2.45) is 5.92 Å². The number of benzene rings is 1. The molecule has 1 aliphatic heterocycles. The van der Waals surface area contributed by atoms with Crippen LogP contribution in [-0.2, 0) is 17.8 Å². The molecule has 0 bridgehead atoms. The van der Waals surface area contributed by atoms with Crippen molar-refractivity contribution in [1.29, 1.82) is 0 Å². The standard InChI is InChI=1S/C15H20N2O/c1-17(10-11-6-7-11)15(18)14-8-12-4-2-3-5-13(12)9-16-14/h2-5,11,14,16H,6-10H2,1H3/t14-/m1/s1. The molecule has 1 amide bonds. The Labute approximate surface area is 108 Å². The molecule has 0 radical (unpaired) electrons. The van der Waals surface area contributed by atoms with E-state index in [1.165, 1.54) is 24.0 Å². The minimum absolute atomic E-state index is 0.0383. The van der Waals surface area contributed by atoms with Gasteiger partial charge in [0.25, 0.3) is 0 Å². The fourth-order valence-corrected chi connectivity index (χ4v) is 2.67. The zero-order valence-corrected chi connectivity index (χ0v) is 10.9. The lowest BCUT2D eigenvalue weighted by Crippen LogP contribution is -2.48. The lowest BCUT2D eigenvalue weighted by Gasteiger charge is -2.29. The molecular formula is C15H20N2O. The smallest absolute Gasteiger partial charge is 0.239 e. The average Bonchev–Trinajstić information content (AvgIpc) is 3.21. The lowest BCUT2D eigenvalue weighted by atomic mass is 9.95. The zero-order valence-electron chi connectivity index (χ0n) is 10.9. The molecule has 0 aromatic heterocycles. The number of nitrogens with one attached hydrogen (secondary N) is 1. The first-order valence-corrected chi connectivity index (χ1v) is 6.79. The average molecular weight is 244 g/mol. The van der Waals surface area contributed by atoms with Gasteiger partial charge < -0.3 is 10.2 Å². The van der Waals surface area contributed by atoms with E-state index >= 15 is 0 Å². The maximum absolute atomic E-state index is 12.3. The molecule has 1 atom stereocenters. The molecule has 1 heterocycles. The first-order chi connectivity index (χ1) is 8.74. The molecule has 1 aromatic rings. The van der Waals surface area contributed by atoms with Crippen molar-refractivity contribution >= 4 is 5.91 Å². The predicted octanol–water partition coefficient (Wildman–Crippen LogP) is 1.57. The van der Waals surface area contributed by atoms with Crippen LogP contribution >= 0.6 is 0 Å². The van der Waals surface area contributed by atoms with Gasteiger partial charge in [-0.05, 0) is 36.3 Å². The van der Waals surface area contributed by atoms with Gasteiger partial charge in [0.1, 0.15) is 0 Å². The van der Waals surface area contributed by atoms with Crippen LogP contribution in [0.25, 0.3) is 0 Å². The minimum Gasteiger partial charge on any atom is -0.344 e. The third-order valence-corrected chi connectivity index (χ3v) is 3.98. The van der Waals surface area contributed by atoms with Crippen LogP contribution in [-0.4, -0.2) is 30.4 Å². The first kappa shape index (κ1) is 11.7. The van der Waals surface area contributed by atoms with Crippen molar-refractivity contribution in [2.75, 3.05) is 13.6 Å². The third kappa shape index (κ3) is 2.41. The molecule has 1 fully saturated rings. The van der Waals surface area contributed by atoms with Gasteiger partial charge in [0.05, 0.1) is 6.04 Å². The van der Waals surface area contributed by atoms with Crippen molar-refractivity contribution in [3.8, 4) is 0 Å². The molecule has 1 aliphatic carbocycles. The highest BCUT2D eigenvalue weighted by atomic mass is 16.2. The van der Waals surface area contributed by atoms with Crippen LogP contribution in [0.3, 0.4) is 0 Å². The van der Waals surface area contributed by atoms with E-state index < -0.39 is 0 Å². The summed E-state index contributed by atoms with van der Waals surface area (Å²) in [5, 5.41) is 3.36. The number of rotatable bonds is 3. The van der Waals surface area contributed by atoms with E-state index in [2.05, 4.69) is 29.6 Å². The van der Waals surface area contributed by atoms with Gasteiger partial charge in [-0.3, -0.25) is 4.79 Å². The monoisotopic (exact) mass is 244 g/mol. The Balaban J connectivity index is 1.65. The van der Waals surface area contributed by atoms with Crippen LogP contribution in [0, 0.1) is 5.92 Å². The van der Waals surface area contributed by atoms with Crippen molar-refractivity contribution in [2.45, 2.75) is 31.8 Å². The molecule has 0 spiro atoms. The molecule has 3 rings (SSSR count). The van der Waals surface area contributed by atoms with Gasteiger partial charge in [-0.25, -0.2) is 0 Å². The van der Waals surface area contributed by atoms with Crippen molar-refractivity contribution in [3.63, 3.8) is 0 Å². The molecule has 2 aliphatic rings. The summed E-state index contributed by atoms with van der Waals surface area (Å²) in [7, 11) is 1.93. The molecule has 96 valence electrons. The van der Waals surface area contributed by atoms with E-state index in [0.29, 0.717) is 0 Å². The molecule has 0 unspecified atom stereocenters. The SMILES string of the molecule is CN(CC1CC1)C(=O)[C@H]1Cc2ccccc2CN1. The van der Waals surface area contributed by atoms with Gasteiger partial charge in [0, 0.05) is 20.1 Å². The number of carbonyl (C=O) groups is 1. The molecule has 1 aromatic carbocycles. The zero-order chi connectivity index (χ0) is 12.5. The van der Waals surface area contributed by atoms with Gasteiger partial charge in [-0.15, -0.1) is 0 Å². The fourth-order valence-electron chi connectivity index (χ4n) is 2.67. The molecule has 18 heavy (non-hydrogen) atoms. The van der Waals surface area contributed by atoms with Crippen LogP contribution in [0.4, 0.5) is 0 Å². The summed E-state index contributed by atoms with van der Waals surface area (Å²) >= 11 is 0. The van der Waals surface area contributed by atoms with Crippen LogP contribution in [0.5, 0.6) is 0 Å². The van der Waals surface area contributed by atoms with Crippen LogP contribution < -0.4 is 5.32 Å². The molecule has 1 saturated carbocycles. The molecule has 0 saturated heterocycles. The number of hydrogen-bond acceptors (Lipinski definition) is 2. The van der Waals surface area contributed by atoms with Crippen LogP contribution in [0.2, 0.25) is 0 Å². The third-order valence-electron chi connectivity index (χ3n) is 3.98. The Morgan fingerprint density at radius 2 is 2.06 bits per heavy atom. The van der Waals surface area contributed by atoms with E-state index in [9.17, 15) is 4.79 Å². The highest BCUT2D eigenvalue weighted by Crippen LogP contribution is 2.29. The highest BCUT2D eigenvalue weighted by molar-refractivity contribution is 5.82. The highest BCUT2D eigenvalue weighted by Gasteiger charge is 2.30. The Bertz CT molecular complexity index is 454. The maximum atomic E-state index is 12.3. The molecule has 1 N–H and O–H groups in total. The van der Waals surface area contributed by atoms with Crippen molar-refractivity contribution in [1.82, 2.24) is 10.2 Å². The fraction of sp³-hybridized carbons (Fsp3) is 0.533. The minimum atomic E-state index is -0.0383. The summed E-state index contributed by atoms with van der Waals surface area (Å²) in [5.74, 6) is 1.01. The lowest BCUT2D eigenvalue weighted by molar-refractivity contribution is -0.132. The Morgan fingerprint density at radius 1 is 1.33 bits per heavy atom. The Kier molecular flexibility index (Phi) is 3.08. The first-order valence-electron chi connectivity index (χ1n) is 6.79. The Morgan fingerprint density at radius 3 is 2.78 bits per heavy atom. The number of nitrogens with zero attached hydrogens (tertiary/aromatic N) is 1.